The van der Waals surface area contributed by atoms with Gasteiger partial charge in [0.15, 0.2) is 0 Å². The summed E-state index contributed by atoms with van der Waals surface area (Å²) in [5, 5.41) is 0. The van der Waals surface area contributed by atoms with Crippen LogP contribution in [0.25, 0.3) is 0 Å². The molecule has 0 radical (unpaired) electrons. The maximum atomic E-state index is 4.27. The quantitative estimate of drug-likeness (QED) is 0.508. The van der Waals surface area contributed by atoms with E-state index in [9.17, 15) is 0 Å². The van der Waals surface area contributed by atoms with Crippen LogP contribution in [0, 0.1) is 11.3 Å². The van der Waals surface area contributed by atoms with Crippen molar-refractivity contribution in [2.24, 2.45) is 11.3 Å². The molecule has 12 heavy (non-hydrogen) atoms. The topological polar surface area (TPSA) is 0 Å². The first kappa shape index (κ1) is 10.3. The molecule has 0 aromatic carbocycles. The van der Waals surface area contributed by atoms with E-state index >= 15 is 0 Å². The summed E-state index contributed by atoms with van der Waals surface area (Å²) in [5.74, 6) is 7.90. The molecule has 72 valence electrons. The molecule has 0 aliphatic carbocycles. The van der Waals surface area contributed by atoms with Crippen molar-refractivity contribution >= 4 is 16.4 Å². The lowest BCUT2D eigenvalue weighted by Crippen LogP contribution is -2.20. The van der Waals surface area contributed by atoms with Gasteiger partial charge in [-0.1, -0.05) is 33.1 Å². The summed E-state index contributed by atoms with van der Waals surface area (Å²) in [6.07, 6.45) is 4.24. The third-order valence-electron chi connectivity index (χ3n) is 2.67. The van der Waals surface area contributed by atoms with Gasteiger partial charge in [0.25, 0.3) is 0 Å². The highest BCUT2D eigenvalue weighted by molar-refractivity contribution is 8.14. The Hall–Kier alpha value is 0.220. The zero-order valence-electron chi connectivity index (χ0n) is 8.73. The van der Waals surface area contributed by atoms with Crippen LogP contribution in [0.4, 0.5) is 0 Å². The third kappa shape index (κ3) is 3.30. The van der Waals surface area contributed by atoms with Gasteiger partial charge < -0.3 is 0 Å². The molecule has 0 bridgehead atoms. The van der Waals surface area contributed by atoms with E-state index in [1.165, 1.54) is 30.8 Å². The van der Waals surface area contributed by atoms with Crippen molar-refractivity contribution in [2.45, 2.75) is 40.0 Å². The van der Waals surface area contributed by atoms with Crippen molar-refractivity contribution in [1.82, 2.24) is 0 Å². The highest BCUT2D eigenvalue weighted by atomic mass is 32.2. The highest BCUT2D eigenvalue weighted by Crippen LogP contribution is 2.35. The summed E-state index contributed by atoms with van der Waals surface area (Å²) < 4.78 is 0. The van der Waals surface area contributed by atoms with Crippen molar-refractivity contribution in [2.75, 3.05) is 11.5 Å². The van der Waals surface area contributed by atoms with E-state index in [1.54, 1.807) is 0 Å². The fourth-order valence-electron chi connectivity index (χ4n) is 2.10. The first-order valence-corrected chi connectivity index (χ1v) is 6.70. The van der Waals surface area contributed by atoms with Gasteiger partial charge in [-0.15, -0.1) is 0 Å². The summed E-state index contributed by atoms with van der Waals surface area (Å²) in [6.45, 7) is 7.17. The van der Waals surface area contributed by atoms with Gasteiger partial charge in [0.1, 0.15) is 0 Å². The van der Waals surface area contributed by atoms with Crippen LogP contribution < -0.4 is 0 Å². The number of rotatable bonds is 0. The van der Waals surface area contributed by atoms with Gasteiger partial charge in [-0.25, -0.2) is 0 Å². The largest absolute Gasteiger partial charge is 0.192 e. The molecule has 1 heterocycles. The zero-order chi connectivity index (χ0) is 9.19. The van der Waals surface area contributed by atoms with E-state index in [-0.39, 0.29) is 0 Å². The Morgan fingerprint density at radius 3 is 2.75 bits per heavy atom. The smallest absolute Gasteiger partial charge is 0.00711 e. The van der Waals surface area contributed by atoms with Gasteiger partial charge in [0.2, 0.25) is 0 Å². The Labute approximate surface area is 79.7 Å². The first-order valence-electron chi connectivity index (χ1n) is 4.97. The Bertz CT molecular complexity index is 170. The molecule has 0 N–H and O–H groups in total. The molecule has 1 fully saturated rings. The summed E-state index contributed by atoms with van der Waals surface area (Å²) >= 11 is 0. The summed E-state index contributed by atoms with van der Waals surface area (Å²) in [6, 6.07) is 0. The average molecular weight is 186 g/mol. The van der Waals surface area contributed by atoms with Crippen LogP contribution in [-0.4, -0.2) is 17.4 Å². The second kappa shape index (κ2) is 3.95. The van der Waals surface area contributed by atoms with E-state index in [2.05, 4.69) is 26.6 Å². The fourth-order valence-corrected chi connectivity index (χ4v) is 4.44. The molecule has 2 unspecified atom stereocenters. The predicted molar refractivity (Wildman–Crippen MR) is 61.2 cm³/mol. The average Bonchev–Trinajstić information content (AvgIpc) is 1.81. The summed E-state index contributed by atoms with van der Waals surface area (Å²) in [4.78, 5) is 0. The highest BCUT2D eigenvalue weighted by Gasteiger charge is 2.21. The molecule has 0 aromatic rings. The van der Waals surface area contributed by atoms with Crippen molar-refractivity contribution in [3.05, 3.63) is 0 Å². The maximum absolute atomic E-state index is 4.27. The Kier molecular flexibility index (Phi) is 3.39. The van der Waals surface area contributed by atoms with Crippen molar-refractivity contribution < 1.29 is 0 Å². The standard InChI is InChI=1S/C11H22S/c1-10-6-5-7-11(2,3)9-12(4)8-10/h10H,4-9H2,1-3H3. The lowest BCUT2D eigenvalue weighted by atomic mass is 9.88. The second-order valence-corrected chi connectivity index (χ2v) is 6.93. The van der Waals surface area contributed by atoms with E-state index in [1.807, 2.05) is 0 Å². The second-order valence-electron chi connectivity index (χ2n) is 5.08. The molecule has 0 saturated carbocycles. The van der Waals surface area contributed by atoms with Crippen molar-refractivity contribution in [3.63, 3.8) is 0 Å². The van der Waals surface area contributed by atoms with Crippen molar-refractivity contribution in [3.8, 4) is 0 Å². The molecule has 0 amide bonds. The Morgan fingerprint density at radius 2 is 2.08 bits per heavy atom. The third-order valence-corrected chi connectivity index (χ3v) is 4.90. The van der Waals surface area contributed by atoms with Crippen LogP contribution in [0.15, 0.2) is 0 Å². The first-order chi connectivity index (χ1) is 5.49. The monoisotopic (exact) mass is 186 g/mol. The molecule has 1 aliphatic heterocycles. The number of hydrogen-bond acceptors (Lipinski definition) is 0. The Balaban J connectivity index is 2.54. The van der Waals surface area contributed by atoms with E-state index < -0.39 is 0 Å². The normalized spacial score (nSPS) is 36.9. The van der Waals surface area contributed by atoms with Crippen molar-refractivity contribution in [1.29, 1.82) is 0 Å². The van der Waals surface area contributed by atoms with E-state index in [4.69, 9.17) is 0 Å². The van der Waals surface area contributed by atoms with E-state index in [0.717, 1.165) is 5.92 Å². The van der Waals surface area contributed by atoms with Crippen LogP contribution in [0.3, 0.4) is 0 Å². The van der Waals surface area contributed by atoms with Gasteiger partial charge in [-0.3, -0.25) is 0 Å². The van der Waals surface area contributed by atoms with Crippen LogP contribution in [0.2, 0.25) is 0 Å². The minimum atomic E-state index is 0.432. The molecule has 0 nitrogen and oxygen atoms in total. The lowest BCUT2D eigenvalue weighted by molar-refractivity contribution is 0.349. The Morgan fingerprint density at radius 1 is 1.42 bits per heavy atom. The predicted octanol–water partition coefficient (Wildman–Crippen LogP) is 3.53. The molecular formula is C11H22S. The van der Waals surface area contributed by atoms with Gasteiger partial charge in [-0.05, 0) is 35.7 Å². The van der Waals surface area contributed by atoms with E-state index in [0.29, 0.717) is 15.9 Å². The molecule has 0 spiro atoms. The summed E-state index contributed by atoms with van der Waals surface area (Å²) in [7, 11) is 0.432. The molecule has 1 heteroatoms. The van der Waals surface area contributed by atoms with Crippen LogP contribution in [0.5, 0.6) is 0 Å². The van der Waals surface area contributed by atoms with Crippen LogP contribution in [-0.2, 0) is 0 Å². The van der Waals surface area contributed by atoms with Crippen LogP contribution in [0.1, 0.15) is 40.0 Å². The molecule has 2 atom stereocenters. The molecule has 1 saturated heterocycles. The molecule has 1 aliphatic rings. The maximum Gasteiger partial charge on any atom is -0.00711 e. The fraction of sp³-hybridized carbons (Fsp3) is 0.909. The number of hydrogen-bond donors (Lipinski definition) is 0. The lowest BCUT2D eigenvalue weighted by Gasteiger charge is -2.30. The summed E-state index contributed by atoms with van der Waals surface area (Å²) in [5.41, 5.74) is 0.561. The minimum absolute atomic E-state index is 0.432. The van der Waals surface area contributed by atoms with Gasteiger partial charge in [-0.2, -0.15) is 10.5 Å². The van der Waals surface area contributed by atoms with Gasteiger partial charge in [0, 0.05) is 0 Å². The van der Waals surface area contributed by atoms with Gasteiger partial charge in [0.05, 0.1) is 0 Å². The SMILES string of the molecule is C=S1CC(C)CCCC(C)(C)C1. The zero-order valence-corrected chi connectivity index (χ0v) is 9.54. The molecule has 1 rings (SSSR count). The van der Waals surface area contributed by atoms with Crippen LogP contribution >= 0.6 is 10.5 Å². The van der Waals surface area contributed by atoms with Gasteiger partial charge >= 0.3 is 0 Å². The minimum Gasteiger partial charge on any atom is -0.192 e. The molecular weight excluding hydrogens is 164 g/mol. The molecule has 0 aromatic heterocycles.